The molecule has 0 amide bonds. The lowest BCUT2D eigenvalue weighted by molar-refractivity contribution is 0.965. The zero-order chi connectivity index (χ0) is 12.4. The number of hydrogen-bond donors (Lipinski definition) is 1. The standard InChI is InChI=1S/C13H9N5/c14-9-10-5-1-2-6-11(10)15-13-16-12-7-3-4-8-18(12)17-13/h1-8H,(H,15,17). The highest BCUT2D eigenvalue weighted by atomic mass is 15.3. The molecule has 18 heavy (non-hydrogen) atoms. The molecule has 0 unspecified atom stereocenters. The monoisotopic (exact) mass is 235 g/mol. The van der Waals surface area contributed by atoms with E-state index in [1.54, 1.807) is 10.6 Å². The Morgan fingerprint density at radius 2 is 1.94 bits per heavy atom. The number of aromatic nitrogens is 3. The molecule has 0 saturated heterocycles. The molecule has 2 heterocycles. The van der Waals surface area contributed by atoms with Crippen molar-refractivity contribution in [1.29, 1.82) is 5.26 Å². The Hall–Kier alpha value is -2.87. The van der Waals surface area contributed by atoms with Crippen molar-refractivity contribution in [3.05, 3.63) is 54.2 Å². The highest BCUT2D eigenvalue weighted by Crippen LogP contribution is 2.18. The van der Waals surface area contributed by atoms with E-state index in [2.05, 4.69) is 21.5 Å². The van der Waals surface area contributed by atoms with Crippen LogP contribution >= 0.6 is 0 Å². The Balaban J connectivity index is 1.99. The van der Waals surface area contributed by atoms with Gasteiger partial charge < -0.3 is 5.32 Å². The SMILES string of the molecule is N#Cc1ccccc1Nc1nc2ccccn2n1. The van der Waals surface area contributed by atoms with E-state index in [1.807, 2.05) is 42.6 Å². The maximum absolute atomic E-state index is 9.00. The molecule has 1 N–H and O–H groups in total. The molecule has 0 aliphatic heterocycles. The van der Waals surface area contributed by atoms with Gasteiger partial charge in [0.1, 0.15) is 6.07 Å². The number of nitrogens with one attached hydrogen (secondary N) is 1. The van der Waals surface area contributed by atoms with E-state index in [9.17, 15) is 0 Å². The topological polar surface area (TPSA) is 66.0 Å². The second-order valence-electron chi connectivity index (χ2n) is 3.72. The van der Waals surface area contributed by atoms with Gasteiger partial charge in [0, 0.05) is 6.20 Å². The van der Waals surface area contributed by atoms with Crippen molar-refractivity contribution in [2.24, 2.45) is 0 Å². The molecule has 0 spiro atoms. The minimum Gasteiger partial charge on any atom is -0.322 e. The molecule has 0 aliphatic rings. The first-order valence-electron chi connectivity index (χ1n) is 5.44. The first kappa shape index (κ1) is 10.3. The van der Waals surface area contributed by atoms with Gasteiger partial charge in [-0.05, 0) is 24.3 Å². The second kappa shape index (κ2) is 4.18. The van der Waals surface area contributed by atoms with Crippen LogP contribution in [0, 0.1) is 11.3 Å². The molecule has 86 valence electrons. The van der Waals surface area contributed by atoms with Crippen LogP contribution in [0.4, 0.5) is 11.6 Å². The third-order valence-corrected chi connectivity index (χ3v) is 2.54. The van der Waals surface area contributed by atoms with Crippen molar-refractivity contribution in [2.75, 3.05) is 5.32 Å². The van der Waals surface area contributed by atoms with Crippen molar-refractivity contribution in [2.45, 2.75) is 0 Å². The Kier molecular flexibility index (Phi) is 2.39. The van der Waals surface area contributed by atoms with Crippen LogP contribution < -0.4 is 5.32 Å². The third kappa shape index (κ3) is 1.76. The molecular weight excluding hydrogens is 226 g/mol. The van der Waals surface area contributed by atoms with Gasteiger partial charge in [-0.1, -0.05) is 18.2 Å². The summed E-state index contributed by atoms with van der Waals surface area (Å²) in [5.41, 5.74) is 2.03. The zero-order valence-electron chi connectivity index (χ0n) is 9.41. The summed E-state index contributed by atoms with van der Waals surface area (Å²) in [7, 11) is 0. The van der Waals surface area contributed by atoms with Gasteiger partial charge in [0.05, 0.1) is 11.3 Å². The van der Waals surface area contributed by atoms with Crippen LogP contribution in [0.1, 0.15) is 5.56 Å². The van der Waals surface area contributed by atoms with E-state index in [1.165, 1.54) is 0 Å². The summed E-state index contributed by atoms with van der Waals surface area (Å²) in [6.45, 7) is 0. The summed E-state index contributed by atoms with van der Waals surface area (Å²) in [5, 5.41) is 16.3. The summed E-state index contributed by atoms with van der Waals surface area (Å²) >= 11 is 0. The van der Waals surface area contributed by atoms with Crippen molar-refractivity contribution in [3.8, 4) is 6.07 Å². The van der Waals surface area contributed by atoms with Crippen molar-refractivity contribution < 1.29 is 0 Å². The maximum Gasteiger partial charge on any atom is 0.247 e. The third-order valence-electron chi connectivity index (χ3n) is 2.54. The van der Waals surface area contributed by atoms with Crippen LogP contribution in [-0.4, -0.2) is 14.6 Å². The van der Waals surface area contributed by atoms with Gasteiger partial charge in [0.25, 0.3) is 0 Å². The highest BCUT2D eigenvalue weighted by molar-refractivity contribution is 5.63. The Labute approximate surface area is 103 Å². The summed E-state index contributed by atoms with van der Waals surface area (Å²) in [5.74, 6) is 0.476. The molecule has 0 atom stereocenters. The van der Waals surface area contributed by atoms with E-state index < -0.39 is 0 Å². The molecule has 0 fully saturated rings. The fourth-order valence-corrected chi connectivity index (χ4v) is 1.69. The number of hydrogen-bond acceptors (Lipinski definition) is 4. The molecule has 5 nitrogen and oxygen atoms in total. The number of rotatable bonds is 2. The van der Waals surface area contributed by atoms with E-state index in [4.69, 9.17) is 5.26 Å². The highest BCUT2D eigenvalue weighted by Gasteiger charge is 2.05. The lowest BCUT2D eigenvalue weighted by Crippen LogP contribution is -1.95. The van der Waals surface area contributed by atoms with Crippen LogP contribution in [0.2, 0.25) is 0 Å². The molecule has 0 bridgehead atoms. The average Bonchev–Trinajstić information content (AvgIpc) is 2.81. The maximum atomic E-state index is 9.00. The Morgan fingerprint density at radius 1 is 1.11 bits per heavy atom. The van der Waals surface area contributed by atoms with E-state index >= 15 is 0 Å². The van der Waals surface area contributed by atoms with Crippen LogP contribution in [0.25, 0.3) is 5.65 Å². The van der Waals surface area contributed by atoms with E-state index in [-0.39, 0.29) is 0 Å². The number of benzene rings is 1. The number of para-hydroxylation sites is 1. The minimum atomic E-state index is 0.476. The predicted molar refractivity (Wildman–Crippen MR) is 67.4 cm³/mol. The molecule has 1 aromatic carbocycles. The molecular formula is C13H9N5. The first-order chi connectivity index (χ1) is 8.86. The quantitative estimate of drug-likeness (QED) is 0.740. The summed E-state index contributed by atoms with van der Waals surface area (Å²) in [4.78, 5) is 4.31. The molecule has 3 aromatic rings. The van der Waals surface area contributed by atoms with Gasteiger partial charge in [0.2, 0.25) is 5.95 Å². The molecule has 5 heteroatoms. The van der Waals surface area contributed by atoms with Crippen molar-refractivity contribution >= 4 is 17.3 Å². The summed E-state index contributed by atoms with van der Waals surface area (Å²) in [6.07, 6.45) is 1.82. The fourth-order valence-electron chi connectivity index (χ4n) is 1.69. The van der Waals surface area contributed by atoms with Gasteiger partial charge in [-0.3, -0.25) is 0 Å². The smallest absolute Gasteiger partial charge is 0.247 e. The molecule has 0 radical (unpaired) electrons. The molecule has 2 aromatic heterocycles. The molecule has 0 aliphatic carbocycles. The Bertz CT molecular complexity index is 705. The minimum absolute atomic E-state index is 0.476. The second-order valence-corrected chi connectivity index (χ2v) is 3.72. The number of pyridine rings is 1. The van der Waals surface area contributed by atoms with E-state index in [0.29, 0.717) is 17.2 Å². The van der Waals surface area contributed by atoms with Crippen LogP contribution in [0.5, 0.6) is 0 Å². The lowest BCUT2D eigenvalue weighted by atomic mass is 10.2. The number of anilines is 2. The van der Waals surface area contributed by atoms with Gasteiger partial charge in [0.15, 0.2) is 5.65 Å². The summed E-state index contributed by atoms with van der Waals surface area (Å²) < 4.78 is 1.68. The number of fused-ring (bicyclic) bond motifs is 1. The van der Waals surface area contributed by atoms with Crippen LogP contribution in [0.3, 0.4) is 0 Å². The van der Waals surface area contributed by atoms with Gasteiger partial charge in [-0.25, -0.2) is 4.52 Å². The predicted octanol–water partition coefficient (Wildman–Crippen LogP) is 2.34. The van der Waals surface area contributed by atoms with Gasteiger partial charge in [-0.15, -0.1) is 5.10 Å². The summed E-state index contributed by atoms with van der Waals surface area (Å²) in [6, 6.07) is 15.0. The lowest BCUT2D eigenvalue weighted by Gasteiger charge is -2.02. The number of nitrogens with zero attached hydrogens (tertiary/aromatic N) is 4. The largest absolute Gasteiger partial charge is 0.322 e. The van der Waals surface area contributed by atoms with Crippen LogP contribution in [-0.2, 0) is 0 Å². The molecule has 3 rings (SSSR count). The van der Waals surface area contributed by atoms with Gasteiger partial charge in [-0.2, -0.15) is 10.2 Å². The fraction of sp³-hybridized carbons (Fsp3) is 0. The van der Waals surface area contributed by atoms with E-state index in [0.717, 1.165) is 5.65 Å². The van der Waals surface area contributed by atoms with Crippen molar-refractivity contribution in [1.82, 2.24) is 14.6 Å². The average molecular weight is 235 g/mol. The van der Waals surface area contributed by atoms with Gasteiger partial charge >= 0.3 is 0 Å². The first-order valence-corrected chi connectivity index (χ1v) is 5.44. The molecule has 0 saturated carbocycles. The van der Waals surface area contributed by atoms with Crippen LogP contribution in [0.15, 0.2) is 48.7 Å². The van der Waals surface area contributed by atoms with Crippen molar-refractivity contribution in [3.63, 3.8) is 0 Å². The Morgan fingerprint density at radius 3 is 2.78 bits per heavy atom. The normalized spacial score (nSPS) is 10.2. The zero-order valence-corrected chi connectivity index (χ0v) is 9.41. The number of nitriles is 1.